The average molecular weight is 401 g/mol. The minimum absolute atomic E-state index is 0.0365. The second-order valence-electron chi connectivity index (χ2n) is 5.86. The van der Waals surface area contributed by atoms with Gasteiger partial charge in [-0.1, -0.05) is 18.2 Å². The summed E-state index contributed by atoms with van der Waals surface area (Å²) in [6, 6.07) is 15.7. The Morgan fingerprint density at radius 1 is 1.04 bits per heavy atom. The molecule has 1 amide bonds. The maximum absolute atomic E-state index is 12.3. The molecule has 28 heavy (non-hydrogen) atoms. The van der Waals surface area contributed by atoms with Gasteiger partial charge >= 0.3 is 5.97 Å². The fourth-order valence-electron chi connectivity index (χ4n) is 2.26. The number of hydrogen-bond donors (Lipinski definition) is 0. The third-order valence-electron chi connectivity index (χ3n) is 3.79. The third-order valence-corrected chi connectivity index (χ3v) is 5.62. The van der Waals surface area contributed by atoms with Gasteiger partial charge < -0.3 is 4.74 Å². The van der Waals surface area contributed by atoms with Gasteiger partial charge in [0, 0.05) is 19.8 Å². The second-order valence-corrected chi connectivity index (χ2v) is 8.01. The number of amides is 1. The van der Waals surface area contributed by atoms with Crippen LogP contribution >= 0.6 is 0 Å². The Morgan fingerprint density at radius 2 is 1.64 bits per heavy atom. The molecule has 0 atom stereocenters. The van der Waals surface area contributed by atoms with Crippen LogP contribution in [0.4, 0.5) is 5.69 Å². The summed E-state index contributed by atoms with van der Waals surface area (Å²) in [7, 11) is -0.792. The summed E-state index contributed by atoms with van der Waals surface area (Å²) in [5, 5.41) is 8.93. The molecule has 0 bridgehead atoms. The number of nitriles is 1. The molecule has 0 unspecified atom stereocenters. The van der Waals surface area contributed by atoms with E-state index in [9.17, 15) is 18.0 Å². The molecule has 0 N–H and O–H groups in total. The van der Waals surface area contributed by atoms with E-state index in [2.05, 4.69) is 0 Å². The van der Waals surface area contributed by atoms with E-state index >= 15 is 0 Å². The van der Waals surface area contributed by atoms with Crippen molar-refractivity contribution in [3.8, 4) is 6.07 Å². The van der Waals surface area contributed by atoms with Gasteiger partial charge in [0.1, 0.15) is 6.54 Å². The van der Waals surface area contributed by atoms with Crippen molar-refractivity contribution >= 4 is 27.6 Å². The maximum Gasteiger partial charge on any atom is 0.338 e. The van der Waals surface area contributed by atoms with Crippen LogP contribution in [0.15, 0.2) is 59.5 Å². The highest BCUT2D eigenvalue weighted by Crippen LogP contribution is 2.16. The molecule has 0 aliphatic heterocycles. The predicted octanol–water partition coefficient (Wildman–Crippen LogP) is 1.65. The number of carbonyl (C=O) groups is 2. The molecule has 0 spiro atoms. The Balaban J connectivity index is 2.05. The van der Waals surface area contributed by atoms with Crippen LogP contribution in [-0.2, 0) is 19.6 Å². The highest BCUT2D eigenvalue weighted by molar-refractivity contribution is 7.89. The molecule has 8 nitrogen and oxygen atoms in total. The lowest BCUT2D eigenvalue weighted by Gasteiger charge is -2.19. The number of carbonyl (C=O) groups excluding carboxylic acids is 2. The van der Waals surface area contributed by atoms with E-state index in [1.807, 2.05) is 6.07 Å². The lowest BCUT2D eigenvalue weighted by Crippen LogP contribution is -2.35. The number of benzene rings is 2. The summed E-state index contributed by atoms with van der Waals surface area (Å²) in [5.41, 5.74) is 0.625. The number of esters is 1. The molecule has 2 rings (SSSR count). The summed E-state index contributed by atoms with van der Waals surface area (Å²) >= 11 is 0. The molecule has 0 saturated carbocycles. The summed E-state index contributed by atoms with van der Waals surface area (Å²) in [5.74, 6) is -1.32. The van der Waals surface area contributed by atoms with Gasteiger partial charge in [-0.15, -0.1) is 0 Å². The summed E-state index contributed by atoms with van der Waals surface area (Å²) in [4.78, 5) is 25.7. The molecule has 0 aliphatic carbocycles. The Bertz CT molecular complexity index is 980. The Hall–Kier alpha value is -3.22. The van der Waals surface area contributed by atoms with E-state index in [1.165, 1.54) is 43.3 Å². The number of ether oxygens (including phenoxy) is 1. The second kappa shape index (κ2) is 9.12. The Labute approximate surface area is 163 Å². The largest absolute Gasteiger partial charge is 0.452 e. The molecule has 0 heterocycles. The van der Waals surface area contributed by atoms with Gasteiger partial charge in [-0.3, -0.25) is 9.69 Å². The van der Waals surface area contributed by atoms with Crippen LogP contribution in [0.5, 0.6) is 0 Å². The van der Waals surface area contributed by atoms with E-state index in [4.69, 9.17) is 10.00 Å². The normalized spacial score (nSPS) is 10.9. The zero-order valence-electron chi connectivity index (χ0n) is 15.4. The quantitative estimate of drug-likeness (QED) is 0.516. The molecule has 146 valence electrons. The van der Waals surface area contributed by atoms with Gasteiger partial charge in [0.25, 0.3) is 5.91 Å². The van der Waals surface area contributed by atoms with Crippen LogP contribution in [-0.4, -0.2) is 51.8 Å². The van der Waals surface area contributed by atoms with Gasteiger partial charge in [-0.25, -0.2) is 17.5 Å². The fraction of sp³-hybridized carbons (Fsp3) is 0.211. The average Bonchev–Trinajstić information content (AvgIpc) is 2.70. The maximum atomic E-state index is 12.3. The smallest absolute Gasteiger partial charge is 0.338 e. The van der Waals surface area contributed by atoms with Crippen LogP contribution in [0.3, 0.4) is 0 Å². The van der Waals surface area contributed by atoms with Crippen LogP contribution < -0.4 is 4.90 Å². The molecular formula is C19H19N3O5S. The molecule has 0 saturated heterocycles. The first-order valence-corrected chi connectivity index (χ1v) is 9.63. The van der Waals surface area contributed by atoms with Crippen LogP contribution in [0.25, 0.3) is 0 Å². The van der Waals surface area contributed by atoms with Crippen LogP contribution in [0, 0.1) is 11.3 Å². The van der Waals surface area contributed by atoms with Gasteiger partial charge in [0.05, 0.1) is 16.5 Å². The van der Waals surface area contributed by atoms with Gasteiger partial charge in [0.15, 0.2) is 6.61 Å². The lowest BCUT2D eigenvalue weighted by molar-refractivity contribution is -0.121. The van der Waals surface area contributed by atoms with Crippen LogP contribution in [0.1, 0.15) is 10.4 Å². The lowest BCUT2D eigenvalue weighted by atomic mass is 10.2. The van der Waals surface area contributed by atoms with E-state index in [1.54, 1.807) is 30.3 Å². The molecule has 0 aliphatic rings. The molecule has 2 aromatic carbocycles. The zero-order chi connectivity index (χ0) is 20.7. The van der Waals surface area contributed by atoms with Crippen molar-refractivity contribution < 1.29 is 22.7 Å². The number of sulfonamides is 1. The Kier molecular flexibility index (Phi) is 6.87. The standard InChI is InChI=1S/C19H19N3O5S/c1-21(2)28(25,26)17-10-8-15(9-11-17)19(24)27-14-18(23)22(13-12-20)16-6-4-3-5-7-16/h3-11H,13-14H2,1-2H3. The van der Waals surface area contributed by atoms with Gasteiger partial charge in [-0.2, -0.15) is 5.26 Å². The zero-order valence-corrected chi connectivity index (χ0v) is 16.2. The molecular weight excluding hydrogens is 382 g/mol. The minimum Gasteiger partial charge on any atom is -0.452 e. The van der Waals surface area contributed by atoms with Gasteiger partial charge in [0.2, 0.25) is 10.0 Å². The highest BCUT2D eigenvalue weighted by Gasteiger charge is 2.20. The molecule has 9 heteroatoms. The molecule has 0 aromatic heterocycles. The van der Waals surface area contributed by atoms with Crippen molar-refractivity contribution in [3.05, 3.63) is 60.2 Å². The summed E-state index contributed by atoms with van der Waals surface area (Å²) in [6.45, 7) is -0.732. The number of anilines is 1. The van der Waals surface area contributed by atoms with Crippen LogP contribution in [0.2, 0.25) is 0 Å². The number of para-hydroxylation sites is 1. The fourth-order valence-corrected chi connectivity index (χ4v) is 3.17. The van der Waals surface area contributed by atoms with Crippen molar-refractivity contribution in [2.75, 3.05) is 32.1 Å². The summed E-state index contributed by atoms with van der Waals surface area (Å²) in [6.07, 6.45) is 0. The Morgan fingerprint density at radius 3 is 2.18 bits per heavy atom. The van der Waals surface area contributed by atoms with E-state index in [0.717, 1.165) is 4.31 Å². The third kappa shape index (κ3) is 4.94. The predicted molar refractivity (Wildman–Crippen MR) is 102 cm³/mol. The van der Waals surface area contributed by atoms with Gasteiger partial charge in [-0.05, 0) is 36.4 Å². The first-order chi connectivity index (χ1) is 13.3. The first-order valence-electron chi connectivity index (χ1n) is 8.19. The van der Waals surface area contributed by atoms with E-state index in [0.29, 0.717) is 5.69 Å². The minimum atomic E-state index is -3.60. The van der Waals surface area contributed by atoms with E-state index in [-0.39, 0.29) is 17.0 Å². The number of rotatable bonds is 7. The van der Waals surface area contributed by atoms with E-state index < -0.39 is 28.5 Å². The summed E-state index contributed by atoms with van der Waals surface area (Å²) < 4.78 is 30.1. The molecule has 0 fully saturated rings. The number of hydrogen-bond acceptors (Lipinski definition) is 6. The first kappa shape index (κ1) is 21.1. The van der Waals surface area contributed by atoms with Crippen molar-refractivity contribution in [3.63, 3.8) is 0 Å². The van der Waals surface area contributed by atoms with Crippen molar-refractivity contribution in [2.45, 2.75) is 4.90 Å². The van der Waals surface area contributed by atoms with Crippen molar-refractivity contribution in [2.24, 2.45) is 0 Å². The molecule has 2 aromatic rings. The molecule has 0 radical (unpaired) electrons. The SMILES string of the molecule is CN(C)S(=O)(=O)c1ccc(C(=O)OCC(=O)N(CC#N)c2ccccc2)cc1. The monoisotopic (exact) mass is 401 g/mol. The topological polar surface area (TPSA) is 108 Å². The highest BCUT2D eigenvalue weighted by atomic mass is 32.2. The van der Waals surface area contributed by atoms with Crippen molar-refractivity contribution in [1.82, 2.24) is 4.31 Å². The number of nitrogens with zero attached hydrogens (tertiary/aromatic N) is 3. The van der Waals surface area contributed by atoms with Crippen molar-refractivity contribution in [1.29, 1.82) is 5.26 Å².